The lowest BCUT2D eigenvalue weighted by Gasteiger charge is -2.23. The molecule has 0 spiro atoms. The summed E-state index contributed by atoms with van der Waals surface area (Å²) in [5.41, 5.74) is 7.35. The highest BCUT2D eigenvalue weighted by Crippen LogP contribution is 2.29. The van der Waals surface area contributed by atoms with Crippen LogP contribution < -0.4 is 9.80 Å². The van der Waals surface area contributed by atoms with Gasteiger partial charge in [0.15, 0.2) is 0 Å². The molecule has 24 heavy (non-hydrogen) atoms. The van der Waals surface area contributed by atoms with Gasteiger partial charge in [0, 0.05) is 36.8 Å². The quantitative estimate of drug-likeness (QED) is 0.596. The molecule has 0 radical (unpaired) electrons. The van der Waals surface area contributed by atoms with Gasteiger partial charge in [-0.25, -0.2) is 0 Å². The van der Waals surface area contributed by atoms with Crippen molar-refractivity contribution in [3.63, 3.8) is 0 Å². The Bertz CT molecular complexity index is 787. The van der Waals surface area contributed by atoms with Gasteiger partial charge in [-0.15, -0.1) is 0 Å². The van der Waals surface area contributed by atoms with Gasteiger partial charge in [0.05, 0.1) is 0 Å². The first-order chi connectivity index (χ1) is 11.5. The van der Waals surface area contributed by atoms with Crippen molar-refractivity contribution >= 4 is 22.7 Å². The summed E-state index contributed by atoms with van der Waals surface area (Å²) in [6.45, 7) is 4.28. The molecule has 0 saturated heterocycles. The molecule has 122 valence electrons. The van der Waals surface area contributed by atoms with E-state index in [4.69, 9.17) is 0 Å². The SMILES string of the molecule is Cc1cc(C)cc(N(C)c2ccc(N(C)c3ccccc3)cc2)c1. The maximum atomic E-state index is 2.23. The second-order valence-corrected chi connectivity index (χ2v) is 6.32. The van der Waals surface area contributed by atoms with Gasteiger partial charge in [-0.2, -0.15) is 0 Å². The van der Waals surface area contributed by atoms with Crippen molar-refractivity contribution in [1.82, 2.24) is 0 Å². The van der Waals surface area contributed by atoms with Crippen LogP contribution in [0.4, 0.5) is 22.7 Å². The van der Waals surface area contributed by atoms with E-state index in [0.29, 0.717) is 0 Å². The van der Waals surface area contributed by atoms with Gasteiger partial charge in [-0.05, 0) is 73.5 Å². The topological polar surface area (TPSA) is 6.48 Å². The van der Waals surface area contributed by atoms with E-state index in [2.05, 4.69) is 104 Å². The lowest BCUT2D eigenvalue weighted by molar-refractivity contribution is 1.18. The zero-order chi connectivity index (χ0) is 17.1. The number of nitrogens with zero attached hydrogens (tertiary/aromatic N) is 2. The minimum atomic E-state index is 1.18. The Morgan fingerprint density at radius 2 is 0.917 bits per heavy atom. The highest BCUT2D eigenvalue weighted by molar-refractivity contribution is 5.69. The largest absolute Gasteiger partial charge is 0.345 e. The molecule has 0 N–H and O–H groups in total. The fraction of sp³-hybridized carbons (Fsp3) is 0.182. The van der Waals surface area contributed by atoms with Crippen LogP contribution >= 0.6 is 0 Å². The van der Waals surface area contributed by atoms with Crippen LogP contribution in [0.15, 0.2) is 72.8 Å². The fourth-order valence-corrected chi connectivity index (χ4v) is 2.99. The predicted octanol–water partition coefficient (Wildman–Crippen LogP) is 5.84. The highest BCUT2D eigenvalue weighted by atomic mass is 15.1. The Morgan fingerprint density at radius 3 is 1.42 bits per heavy atom. The van der Waals surface area contributed by atoms with Gasteiger partial charge in [-0.3, -0.25) is 0 Å². The number of rotatable bonds is 4. The third kappa shape index (κ3) is 3.43. The lowest BCUT2D eigenvalue weighted by Crippen LogP contribution is -2.11. The number of para-hydroxylation sites is 1. The normalized spacial score (nSPS) is 10.5. The average molecular weight is 316 g/mol. The summed E-state index contributed by atoms with van der Waals surface area (Å²) in [6.07, 6.45) is 0. The molecule has 3 aromatic rings. The summed E-state index contributed by atoms with van der Waals surface area (Å²) in [5, 5.41) is 0. The van der Waals surface area contributed by atoms with Crippen molar-refractivity contribution < 1.29 is 0 Å². The van der Waals surface area contributed by atoms with Gasteiger partial charge in [0.2, 0.25) is 0 Å². The second kappa shape index (κ2) is 6.79. The molecule has 3 rings (SSSR count). The zero-order valence-corrected chi connectivity index (χ0v) is 14.8. The molecule has 0 heterocycles. The van der Waals surface area contributed by atoms with Gasteiger partial charge in [0.25, 0.3) is 0 Å². The van der Waals surface area contributed by atoms with Crippen molar-refractivity contribution in [3.8, 4) is 0 Å². The highest BCUT2D eigenvalue weighted by Gasteiger charge is 2.07. The molecular formula is C22H24N2. The Labute approximate surface area is 145 Å². The van der Waals surface area contributed by atoms with Gasteiger partial charge >= 0.3 is 0 Å². The molecule has 0 fully saturated rings. The zero-order valence-electron chi connectivity index (χ0n) is 14.8. The van der Waals surface area contributed by atoms with E-state index in [9.17, 15) is 0 Å². The maximum Gasteiger partial charge on any atom is 0.0413 e. The van der Waals surface area contributed by atoms with Gasteiger partial charge < -0.3 is 9.80 Å². The summed E-state index contributed by atoms with van der Waals surface area (Å²) in [4.78, 5) is 4.42. The van der Waals surface area contributed by atoms with Crippen molar-refractivity contribution in [3.05, 3.63) is 83.9 Å². The van der Waals surface area contributed by atoms with Crippen LogP contribution in [0.3, 0.4) is 0 Å². The first-order valence-corrected chi connectivity index (χ1v) is 8.25. The first kappa shape index (κ1) is 16.1. The summed E-state index contributed by atoms with van der Waals surface area (Å²) in [5.74, 6) is 0. The second-order valence-electron chi connectivity index (χ2n) is 6.32. The van der Waals surface area contributed by atoms with Crippen LogP contribution in [0.2, 0.25) is 0 Å². The molecule has 0 aliphatic heterocycles. The van der Waals surface area contributed by atoms with Crippen molar-refractivity contribution in [2.45, 2.75) is 13.8 Å². The molecule has 3 aromatic carbocycles. The van der Waals surface area contributed by atoms with Crippen LogP contribution in [0.1, 0.15) is 11.1 Å². The molecule has 2 nitrogen and oxygen atoms in total. The third-order valence-electron chi connectivity index (χ3n) is 4.36. The molecule has 0 bridgehead atoms. The van der Waals surface area contributed by atoms with Gasteiger partial charge in [-0.1, -0.05) is 24.3 Å². The molecule has 0 atom stereocenters. The van der Waals surface area contributed by atoms with E-state index in [1.807, 2.05) is 6.07 Å². The summed E-state index contributed by atoms with van der Waals surface area (Å²) in [7, 11) is 4.21. The molecule has 0 aliphatic rings. The van der Waals surface area contributed by atoms with Gasteiger partial charge in [0.1, 0.15) is 0 Å². The third-order valence-corrected chi connectivity index (χ3v) is 4.36. The van der Waals surface area contributed by atoms with E-state index < -0.39 is 0 Å². The molecule has 0 saturated carbocycles. The Balaban J connectivity index is 1.84. The molecule has 2 heteroatoms. The molecular weight excluding hydrogens is 292 g/mol. The first-order valence-electron chi connectivity index (χ1n) is 8.25. The van der Waals surface area contributed by atoms with Crippen molar-refractivity contribution in [2.24, 2.45) is 0 Å². The van der Waals surface area contributed by atoms with Crippen molar-refractivity contribution in [2.75, 3.05) is 23.9 Å². The Kier molecular flexibility index (Phi) is 4.57. The summed E-state index contributed by atoms with van der Waals surface area (Å²) < 4.78 is 0. The number of benzene rings is 3. The molecule has 0 aliphatic carbocycles. The Hall–Kier alpha value is -2.74. The standard InChI is InChI=1S/C22H24N2/c1-17-14-18(2)16-22(15-17)24(4)21-12-10-20(11-13-21)23(3)19-8-6-5-7-9-19/h5-16H,1-4H3. The average Bonchev–Trinajstić information content (AvgIpc) is 2.60. The van der Waals surface area contributed by atoms with E-state index in [0.717, 1.165) is 0 Å². The smallest absolute Gasteiger partial charge is 0.0413 e. The van der Waals surface area contributed by atoms with E-state index in [1.54, 1.807) is 0 Å². The monoisotopic (exact) mass is 316 g/mol. The lowest BCUT2D eigenvalue weighted by atomic mass is 10.1. The van der Waals surface area contributed by atoms with E-state index >= 15 is 0 Å². The summed E-state index contributed by atoms with van der Waals surface area (Å²) in [6, 6.07) is 25.7. The minimum Gasteiger partial charge on any atom is -0.345 e. The van der Waals surface area contributed by atoms with Crippen LogP contribution in [0.5, 0.6) is 0 Å². The minimum absolute atomic E-state index is 1.18. The summed E-state index contributed by atoms with van der Waals surface area (Å²) >= 11 is 0. The fourth-order valence-electron chi connectivity index (χ4n) is 2.99. The number of aryl methyl sites for hydroxylation is 2. The number of anilines is 4. The van der Waals surface area contributed by atoms with Crippen LogP contribution in [0, 0.1) is 13.8 Å². The van der Waals surface area contributed by atoms with E-state index in [-0.39, 0.29) is 0 Å². The number of hydrogen-bond acceptors (Lipinski definition) is 2. The molecule has 0 amide bonds. The molecule has 0 unspecified atom stereocenters. The predicted molar refractivity (Wildman–Crippen MR) is 105 cm³/mol. The maximum absolute atomic E-state index is 2.23. The number of hydrogen-bond donors (Lipinski definition) is 0. The van der Waals surface area contributed by atoms with Crippen LogP contribution in [0.25, 0.3) is 0 Å². The van der Waals surface area contributed by atoms with E-state index in [1.165, 1.54) is 33.9 Å². The van der Waals surface area contributed by atoms with Crippen molar-refractivity contribution in [1.29, 1.82) is 0 Å². The Morgan fingerprint density at radius 1 is 0.500 bits per heavy atom. The van der Waals surface area contributed by atoms with Crippen LogP contribution in [-0.2, 0) is 0 Å². The molecule has 0 aromatic heterocycles. The van der Waals surface area contributed by atoms with Crippen LogP contribution in [-0.4, -0.2) is 14.1 Å².